The molecule has 0 heterocycles. The highest BCUT2D eigenvalue weighted by atomic mass is 15.0. The Morgan fingerprint density at radius 1 is 0.947 bits per heavy atom. The molecule has 1 N–H and O–H groups in total. The van der Waals surface area contributed by atoms with Crippen molar-refractivity contribution in [1.29, 1.82) is 0 Å². The predicted molar refractivity (Wildman–Crippen MR) is 84.4 cm³/mol. The van der Waals surface area contributed by atoms with Crippen molar-refractivity contribution in [3.63, 3.8) is 0 Å². The molecule has 0 aromatic heterocycles. The van der Waals surface area contributed by atoms with Crippen molar-refractivity contribution in [2.45, 2.75) is 97.6 Å². The Morgan fingerprint density at radius 2 is 1.68 bits per heavy atom. The lowest BCUT2D eigenvalue weighted by molar-refractivity contribution is 0.113. The van der Waals surface area contributed by atoms with Gasteiger partial charge in [-0.15, -0.1) is 0 Å². The lowest BCUT2D eigenvalue weighted by Gasteiger charge is -2.43. The zero-order chi connectivity index (χ0) is 13.9. The summed E-state index contributed by atoms with van der Waals surface area (Å²) < 4.78 is 0. The molecule has 2 aliphatic carbocycles. The van der Waals surface area contributed by atoms with Gasteiger partial charge in [0.15, 0.2) is 0 Å². The van der Waals surface area contributed by atoms with Crippen molar-refractivity contribution in [3.8, 4) is 0 Å². The van der Waals surface area contributed by atoms with E-state index in [1.165, 1.54) is 57.8 Å². The van der Waals surface area contributed by atoms with E-state index < -0.39 is 0 Å². The van der Waals surface area contributed by atoms with Gasteiger partial charge in [0.05, 0.1) is 0 Å². The van der Waals surface area contributed by atoms with Crippen molar-refractivity contribution in [2.75, 3.05) is 0 Å². The number of nitrogens with one attached hydrogen (secondary N) is 1. The minimum atomic E-state index is 0.469. The summed E-state index contributed by atoms with van der Waals surface area (Å²) in [6, 6.07) is 1.60. The molecule has 2 fully saturated rings. The van der Waals surface area contributed by atoms with E-state index in [1.807, 2.05) is 0 Å². The van der Waals surface area contributed by atoms with Gasteiger partial charge in [-0.3, -0.25) is 0 Å². The Labute approximate surface area is 120 Å². The molecule has 2 rings (SSSR count). The van der Waals surface area contributed by atoms with Crippen LogP contribution in [0.2, 0.25) is 0 Å². The maximum Gasteiger partial charge on any atom is 0.0103 e. The van der Waals surface area contributed by atoms with Crippen LogP contribution in [-0.2, 0) is 0 Å². The Kier molecular flexibility index (Phi) is 5.34. The van der Waals surface area contributed by atoms with Gasteiger partial charge in [-0.05, 0) is 42.9 Å². The monoisotopic (exact) mass is 265 g/mol. The highest BCUT2D eigenvalue weighted by Gasteiger charge is 2.35. The molecule has 112 valence electrons. The molecule has 0 aromatic carbocycles. The standard InChI is InChI=1S/C18H35N/c1-5-14-9-8-10-15(13-14)19-17-12-7-6-11-16(17)18(2,3)4/h14-17,19H,5-13H2,1-4H3. The zero-order valence-corrected chi connectivity index (χ0v) is 13.7. The smallest absolute Gasteiger partial charge is 0.0103 e. The summed E-state index contributed by atoms with van der Waals surface area (Å²) in [5.41, 5.74) is 0.469. The van der Waals surface area contributed by atoms with E-state index >= 15 is 0 Å². The molecule has 2 aliphatic rings. The maximum absolute atomic E-state index is 4.08. The molecule has 0 amide bonds. The van der Waals surface area contributed by atoms with Gasteiger partial charge in [0.25, 0.3) is 0 Å². The van der Waals surface area contributed by atoms with Crippen LogP contribution in [0.5, 0.6) is 0 Å². The topological polar surface area (TPSA) is 12.0 Å². The summed E-state index contributed by atoms with van der Waals surface area (Å²) in [4.78, 5) is 0. The van der Waals surface area contributed by atoms with Gasteiger partial charge >= 0.3 is 0 Å². The summed E-state index contributed by atoms with van der Waals surface area (Å²) in [7, 11) is 0. The molecule has 0 bridgehead atoms. The van der Waals surface area contributed by atoms with E-state index in [0.717, 1.165) is 23.9 Å². The van der Waals surface area contributed by atoms with Crippen molar-refractivity contribution in [3.05, 3.63) is 0 Å². The summed E-state index contributed by atoms with van der Waals surface area (Å²) in [5, 5.41) is 4.08. The molecule has 0 aliphatic heterocycles. The third-order valence-corrected chi connectivity index (χ3v) is 5.69. The average molecular weight is 265 g/mol. The minimum absolute atomic E-state index is 0.469. The van der Waals surface area contributed by atoms with Crippen molar-refractivity contribution >= 4 is 0 Å². The average Bonchev–Trinajstić information content (AvgIpc) is 2.38. The van der Waals surface area contributed by atoms with Gasteiger partial charge in [0, 0.05) is 12.1 Å². The van der Waals surface area contributed by atoms with Crippen molar-refractivity contribution in [1.82, 2.24) is 5.32 Å². The van der Waals surface area contributed by atoms with E-state index in [4.69, 9.17) is 0 Å². The Hall–Kier alpha value is -0.0400. The second kappa shape index (κ2) is 6.61. The highest BCUT2D eigenvalue weighted by Crippen LogP contribution is 2.39. The zero-order valence-electron chi connectivity index (χ0n) is 13.7. The van der Waals surface area contributed by atoms with Crippen LogP contribution >= 0.6 is 0 Å². The summed E-state index contributed by atoms with van der Waals surface area (Å²) in [5.74, 6) is 1.87. The molecular weight excluding hydrogens is 230 g/mol. The van der Waals surface area contributed by atoms with E-state index in [9.17, 15) is 0 Å². The van der Waals surface area contributed by atoms with E-state index in [1.54, 1.807) is 0 Å². The molecule has 0 spiro atoms. The fourth-order valence-corrected chi connectivity index (χ4v) is 4.48. The summed E-state index contributed by atoms with van der Waals surface area (Å²) in [6.07, 6.45) is 12.9. The van der Waals surface area contributed by atoms with Crippen LogP contribution in [0, 0.1) is 17.3 Å². The maximum atomic E-state index is 4.08. The molecule has 0 aromatic rings. The first-order valence-corrected chi connectivity index (χ1v) is 8.76. The molecule has 0 saturated heterocycles. The van der Waals surface area contributed by atoms with Crippen LogP contribution in [-0.4, -0.2) is 12.1 Å². The molecule has 4 unspecified atom stereocenters. The summed E-state index contributed by atoms with van der Waals surface area (Å²) in [6.45, 7) is 9.68. The third-order valence-electron chi connectivity index (χ3n) is 5.69. The number of hydrogen-bond acceptors (Lipinski definition) is 1. The largest absolute Gasteiger partial charge is 0.311 e. The molecular formula is C18H35N. The normalized spacial score (nSPS) is 37.3. The van der Waals surface area contributed by atoms with Gasteiger partial charge in [-0.25, -0.2) is 0 Å². The van der Waals surface area contributed by atoms with Crippen LogP contribution in [0.3, 0.4) is 0 Å². The molecule has 4 atom stereocenters. The van der Waals surface area contributed by atoms with Gasteiger partial charge < -0.3 is 5.32 Å². The van der Waals surface area contributed by atoms with E-state index in [2.05, 4.69) is 33.0 Å². The van der Waals surface area contributed by atoms with Gasteiger partial charge in [0.1, 0.15) is 0 Å². The lowest BCUT2D eigenvalue weighted by Crippen LogP contribution is -2.49. The molecule has 1 heteroatoms. The first-order valence-electron chi connectivity index (χ1n) is 8.76. The highest BCUT2D eigenvalue weighted by molar-refractivity contribution is 4.91. The fourth-order valence-electron chi connectivity index (χ4n) is 4.48. The number of hydrogen-bond donors (Lipinski definition) is 1. The predicted octanol–water partition coefficient (Wildman–Crippen LogP) is 5.15. The van der Waals surface area contributed by atoms with Gasteiger partial charge in [-0.2, -0.15) is 0 Å². The first-order chi connectivity index (χ1) is 9.00. The van der Waals surface area contributed by atoms with Crippen LogP contribution < -0.4 is 5.32 Å². The SMILES string of the molecule is CCC1CCCC(NC2CCCCC2C(C)(C)C)C1. The quantitative estimate of drug-likeness (QED) is 0.744. The Balaban J connectivity index is 1.92. The molecule has 19 heavy (non-hydrogen) atoms. The van der Waals surface area contributed by atoms with Gasteiger partial charge in [-0.1, -0.05) is 59.8 Å². The Morgan fingerprint density at radius 3 is 2.37 bits per heavy atom. The van der Waals surface area contributed by atoms with E-state index in [-0.39, 0.29) is 0 Å². The Bertz CT molecular complexity index is 265. The summed E-state index contributed by atoms with van der Waals surface area (Å²) >= 11 is 0. The second-order valence-corrected chi connectivity index (χ2v) is 8.17. The molecule has 1 nitrogen and oxygen atoms in total. The lowest BCUT2D eigenvalue weighted by atomic mass is 9.69. The number of rotatable bonds is 3. The molecule has 2 saturated carbocycles. The van der Waals surface area contributed by atoms with Crippen molar-refractivity contribution in [2.24, 2.45) is 17.3 Å². The molecule has 0 radical (unpaired) electrons. The van der Waals surface area contributed by atoms with Crippen LogP contribution in [0.15, 0.2) is 0 Å². The minimum Gasteiger partial charge on any atom is -0.311 e. The van der Waals surface area contributed by atoms with Crippen molar-refractivity contribution < 1.29 is 0 Å². The second-order valence-electron chi connectivity index (χ2n) is 8.17. The first kappa shape index (κ1) is 15.4. The van der Waals surface area contributed by atoms with Crippen LogP contribution in [0.4, 0.5) is 0 Å². The van der Waals surface area contributed by atoms with E-state index in [0.29, 0.717) is 5.41 Å². The third kappa shape index (κ3) is 4.21. The van der Waals surface area contributed by atoms with Crippen LogP contribution in [0.1, 0.15) is 85.5 Å². The fraction of sp³-hybridized carbons (Fsp3) is 1.00. The van der Waals surface area contributed by atoms with Gasteiger partial charge in [0.2, 0.25) is 0 Å². The van der Waals surface area contributed by atoms with Crippen LogP contribution in [0.25, 0.3) is 0 Å².